The Labute approximate surface area is 204 Å². The number of carbonyl (C=O) groups is 1. The summed E-state index contributed by atoms with van der Waals surface area (Å²) in [5.41, 5.74) is 5.31. The van der Waals surface area contributed by atoms with Crippen molar-refractivity contribution >= 4 is 38.3 Å². The van der Waals surface area contributed by atoms with Gasteiger partial charge in [-0.1, -0.05) is 103 Å². The van der Waals surface area contributed by atoms with Crippen molar-refractivity contribution in [3.05, 3.63) is 121 Å². The standard InChI is InChI=1S/C33H24O2/c1-2-35-33(34)24-20-18-23(19-21-24)31-27-13-5-7-15-29(27)32(30-16-8-6-14-28(30)31)26-17-9-11-22-10-3-4-12-25(22)26/h3-21H,2H2,1H3. The van der Waals surface area contributed by atoms with Crippen molar-refractivity contribution in [1.82, 2.24) is 0 Å². The van der Waals surface area contributed by atoms with Crippen LogP contribution in [0, 0.1) is 0 Å². The molecular weight excluding hydrogens is 428 g/mol. The van der Waals surface area contributed by atoms with Crippen molar-refractivity contribution in [2.24, 2.45) is 0 Å². The molecule has 0 atom stereocenters. The van der Waals surface area contributed by atoms with Crippen LogP contribution in [0.15, 0.2) is 115 Å². The third-order valence-electron chi connectivity index (χ3n) is 6.68. The van der Waals surface area contributed by atoms with E-state index in [1.54, 1.807) is 0 Å². The predicted molar refractivity (Wildman–Crippen MR) is 146 cm³/mol. The van der Waals surface area contributed by atoms with Crippen LogP contribution in [-0.4, -0.2) is 12.6 Å². The van der Waals surface area contributed by atoms with Crippen LogP contribution < -0.4 is 0 Å². The fraction of sp³-hybridized carbons (Fsp3) is 0.0606. The van der Waals surface area contributed by atoms with Crippen LogP contribution >= 0.6 is 0 Å². The third kappa shape index (κ3) is 3.55. The van der Waals surface area contributed by atoms with E-state index in [1.807, 2.05) is 31.2 Å². The first-order valence-electron chi connectivity index (χ1n) is 12.0. The Hall–Kier alpha value is -4.43. The van der Waals surface area contributed by atoms with Crippen molar-refractivity contribution in [2.75, 3.05) is 6.61 Å². The lowest BCUT2D eigenvalue weighted by Crippen LogP contribution is -2.04. The van der Waals surface area contributed by atoms with Gasteiger partial charge in [-0.2, -0.15) is 0 Å². The van der Waals surface area contributed by atoms with Gasteiger partial charge in [0, 0.05) is 0 Å². The summed E-state index contributed by atoms with van der Waals surface area (Å²) in [7, 11) is 0. The number of rotatable bonds is 4. The lowest BCUT2D eigenvalue weighted by atomic mass is 9.84. The zero-order valence-electron chi connectivity index (χ0n) is 19.5. The summed E-state index contributed by atoms with van der Waals surface area (Å²) in [4.78, 5) is 12.2. The van der Waals surface area contributed by atoms with Crippen molar-refractivity contribution in [3.8, 4) is 22.3 Å². The minimum atomic E-state index is -0.292. The Kier molecular flexibility index (Phi) is 5.27. The molecule has 168 valence electrons. The number of fused-ring (bicyclic) bond motifs is 3. The largest absolute Gasteiger partial charge is 0.462 e. The first-order valence-corrected chi connectivity index (χ1v) is 12.0. The Bertz CT molecular complexity index is 1650. The highest BCUT2D eigenvalue weighted by Crippen LogP contribution is 2.45. The van der Waals surface area contributed by atoms with Gasteiger partial charge in [0.25, 0.3) is 0 Å². The number of benzene rings is 6. The molecule has 2 heteroatoms. The van der Waals surface area contributed by atoms with Gasteiger partial charge in [0.15, 0.2) is 0 Å². The molecule has 0 aromatic heterocycles. The van der Waals surface area contributed by atoms with E-state index in [0.29, 0.717) is 12.2 Å². The molecule has 2 nitrogen and oxygen atoms in total. The summed E-state index contributed by atoms with van der Waals surface area (Å²) < 4.78 is 5.17. The molecule has 0 N–H and O–H groups in total. The lowest BCUT2D eigenvalue weighted by Gasteiger charge is -2.19. The highest BCUT2D eigenvalue weighted by Gasteiger charge is 2.18. The van der Waals surface area contributed by atoms with E-state index in [1.165, 1.54) is 49.0 Å². The Morgan fingerprint density at radius 2 is 1.09 bits per heavy atom. The average Bonchev–Trinajstić information content (AvgIpc) is 2.92. The second kappa shape index (κ2) is 8.73. The first kappa shape index (κ1) is 21.1. The van der Waals surface area contributed by atoms with Crippen LogP contribution in [0.3, 0.4) is 0 Å². The SMILES string of the molecule is CCOC(=O)c1ccc(-c2c3ccccc3c(-c3cccc4ccccc34)c3ccccc23)cc1. The molecule has 6 rings (SSSR count). The molecule has 0 saturated carbocycles. The molecule has 0 unspecified atom stereocenters. The van der Waals surface area contributed by atoms with E-state index in [-0.39, 0.29) is 5.97 Å². The van der Waals surface area contributed by atoms with Crippen molar-refractivity contribution in [2.45, 2.75) is 6.92 Å². The summed E-state index contributed by atoms with van der Waals surface area (Å²) >= 11 is 0. The molecule has 0 bridgehead atoms. The maximum absolute atomic E-state index is 12.2. The molecule has 0 heterocycles. The molecule has 0 amide bonds. The zero-order chi connectivity index (χ0) is 23.8. The predicted octanol–water partition coefficient (Wildman–Crippen LogP) is 8.66. The second-order valence-corrected chi connectivity index (χ2v) is 8.67. The van der Waals surface area contributed by atoms with Gasteiger partial charge < -0.3 is 4.74 Å². The maximum atomic E-state index is 12.2. The molecule has 0 aliphatic rings. The number of carbonyl (C=O) groups excluding carboxylic acids is 1. The topological polar surface area (TPSA) is 26.3 Å². The smallest absolute Gasteiger partial charge is 0.338 e. The number of hydrogen-bond donors (Lipinski definition) is 0. The van der Waals surface area contributed by atoms with Gasteiger partial charge in [-0.3, -0.25) is 0 Å². The van der Waals surface area contributed by atoms with Crippen LogP contribution in [0.2, 0.25) is 0 Å². The minimum absolute atomic E-state index is 0.292. The average molecular weight is 453 g/mol. The lowest BCUT2D eigenvalue weighted by molar-refractivity contribution is 0.0526. The molecule has 0 saturated heterocycles. The second-order valence-electron chi connectivity index (χ2n) is 8.67. The first-order chi connectivity index (χ1) is 17.3. The van der Waals surface area contributed by atoms with Crippen molar-refractivity contribution < 1.29 is 9.53 Å². The minimum Gasteiger partial charge on any atom is -0.462 e. The molecule has 0 aliphatic heterocycles. The molecule has 6 aromatic carbocycles. The summed E-state index contributed by atoms with van der Waals surface area (Å²) in [6.45, 7) is 2.19. The third-order valence-corrected chi connectivity index (χ3v) is 6.68. The van der Waals surface area contributed by atoms with Crippen molar-refractivity contribution in [3.63, 3.8) is 0 Å². The quantitative estimate of drug-likeness (QED) is 0.198. The van der Waals surface area contributed by atoms with E-state index < -0.39 is 0 Å². The summed E-state index contributed by atoms with van der Waals surface area (Å²) in [6, 6.07) is 40.1. The van der Waals surface area contributed by atoms with Crippen LogP contribution in [0.4, 0.5) is 0 Å². The summed E-state index contributed by atoms with van der Waals surface area (Å²) in [5, 5.41) is 7.30. The fourth-order valence-corrected chi connectivity index (χ4v) is 5.16. The number of hydrogen-bond acceptors (Lipinski definition) is 2. The van der Waals surface area contributed by atoms with Gasteiger partial charge in [-0.15, -0.1) is 0 Å². The zero-order valence-corrected chi connectivity index (χ0v) is 19.5. The molecule has 35 heavy (non-hydrogen) atoms. The van der Waals surface area contributed by atoms with Crippen LogP contribution in [0.5, 0.6) is 0 Å². The number of esters is 1. The molecule has 6 aromatic rings. The highest BCUT2D eigenvalue weighted by molar-refractivity contribution is 6.23. The maximum Gasteiger partial charge on any atom is 0.338 e. The van der Waals surface area contributed by atoms with Crippen LogP contribution in [0.1, 0.15) is 17.3 Å². The van der Waals surface area contributed by atoms with E-state index in [2.05, 4.69) is 91.0 Å². The van der Waals surface area contributed by atoms with E-state index in [4.69, 9.17) is 4.74 Å². The van der Waals surface area contributed by atoms with Gasteiger partial charge in [0.1, 0.15) is 0 Å². The fourth-order valence-electron chi connectivity index (χ4n) is 5.16. The Morgan fingerprint density at radius 1 is 0.571 bits per heavy atom. The highest BCUT2D eigenvalue weighted by atomic mass is 16.5. The van der Waals surface area contributed by atoms with Gasteiger partial charge in [-0.25, -0.2) is 4.79 Å². The monoisotopic (exact) mass is 452 g/mol. The van der Waals surface area contributed by atoms with Crippen LogP contribution in [-0.2, 0) is 4.74 Å². The molecule has 0 radical (unpaired) electrons. The molecular formula is C33H24O2. The molecule has 0 fully saturated rings. The van der Waals surface area contributed by atoms with Gasteiger partial charge in [0.2, 0.25) is 0 Å². The van der Waals surface area contributed by atoms with E-state index in [9.17, 15) is 4.79 Å². The molecule has 0 spiro atoms. The Balaban J connectivity index is 1.68. The van der Waals surface area contributed by atoms with Gasteiger partial charge in [-0.05, 0) is 73.6 Å². The van der Waals surface area contributed by atoms with Gasteiger partial charge in [0.05, 0.1) is 12.2 Å². The normalized spacial score (nSPS) is 11.2. The Morgan fingerprint density at radius 3 is 1.69 bits per heavy atom. The molecule has 0 aliphatic carbocycles. The van der Waals surface area contributed by atoms with Crippen LogP contribution in [0.25, 0.3) is 54.6 Å². The summed E-state index contributed by atoms with van der Waals surface area (Å²) in [6.07, 6.45) is 0. The van der Waals surface area contributed by atoms with E-state index >= 15 is 0 Å². The van der Waals surface area contributed by atoms with Gasteiger partial charge >= 0.3 is 5.97 Å². The number of ether oxygens (including phenoxy) is 1. The van der Waals surface area contributed by atoms with Crippen molar-refractivity contribution in [1.29, 1.82) is 0 Å². The summed E-state index contributed by atoms with van der Waals surface area (Å²) in [5.74, 6) is -0.292. The van der Waals surface area contributed by atoms with E-state index in [0.717, 1.165) is 5.56 Å².